The van der Waals surface area contributed by atoms with E-state index in [1.54, 1.807) is 12.1 Å². The highest BCUT2D eigenvalue weighted by molar-refractivity contribution is 6.21. The second kappa shape index (κ2) is 9.32. The zero-order valence-electron chi connectivity index (χ0n) is 24.1. The number of rotatable bonds is 6. The highest BCUT2D eigenvalue weighted by atomic mass is 16.5. The van der Waals surface area contributed by atoms with Crippen molar-refractivity contribution in [1.29, 1.82) is 0 Å². The lowest BCUT2D eigenvalue weighted by molar-refractivity contribution is -0.137. The van der Waals surface area contributed by atoms with Gasteiger partial charge in [-0.2, -0.15) is 0 Å². The number of benzene rings is 3. The third kappa shape index (κ3) is 2.99. The van der Waals surface area contributed by atoms with Gasteiger partial charge in [0.2, 0.25) is 11.7 Å². The van der Waals surface area contributed by atoms with Gasteiger partial charge in [-0.25, -0.2) is 0 Å². The van der Waals surface area contributed by atoms with Crippen molar-refractivity contribution in [1.82, 2.24) is 4.90 Å². The minimum absolute atomic E-state index is 0.247. The molecule has 2 fully saturated rings. The standard InChI is InChI=1S/C33H33N3O6/c1-5-18-10-8-12-21-27(18)35-31(39)33(21)32(20-11-6-7-13-22(20)34-30(32)38)26(23-14-9-15-36(23)33)28(37)19-16-24(40-2)29(42-4)25(17-19)41-3/h6-8,10-13,16-17,23,26H,5,9,14-15H2,1-4H3,(H,34,38)(H,35,39)/t23-,26+,32-,33-/m1/s1. The van der Waals surface area contributed by atoms with Gasteiger partial charge in [-0.15, -0.1) is 0 Å². The molecule has 3 aromatic carbocycles. The lowest BCUT2D eigenvalue weighted by Gasteiger charge is -2.43. The molecule has 0 unspecified atom stereocenters. The molecule has 4 atom stereocenters. The minimum Gasteiger partial charge on any atom is -0.493 e. The molecule has 4 heterocycles. The fourth-order valence-electron chi connectivity index (χ4n) is 8.36. The summed E-state index contributed by atoms with van der Waals surface area (Å²) < 4.78 is 16.7. The topological polar surface area (TPSA) is 106 Å². The van der Waals surface area contributed by atoms with Crippen LogP contribution in [0.4, 0.5) is 11.4 Å². The Morgan fingerprint density at radius 1 is 0.929 bits per heavy atom. The molecule has 9 nitrogen and oxygen atoms in total. The summed E-state index contributed by atoms with van der Waals surface area (Å²) >= 11 is 0. The van der Waals surface area contributed by atoms with Gasteiger partial charge in [0.15, 0.2) is 17.3 Å². The number of nitrogens with zero attached hydrogens (tertiary/aromatic N) is 1. The number of anilines is 2. The first-order valence-corrected chi connectivity index (χ1v) is 14.4. The molecule has 2 N–H and O–H groups in total. The van der Waals surface area contributed by atoms with Gasteiger partial charge in [-0.1, -0.05) is 43.3 Å². The van der Waals surface area contributed by atoms with Crippen LogP contribution in [0.5, 0.6) is 17.2 Å². The summed E-state index contributed by atoms with van der Waals surface area (Å²) in [5, 5.41) is 6.27. The average molecular weight is 568 g/mol. The monoisotopic (exact) mass is 567 g/mol. The number of Topliss-reactive ketones (excluding diaryl/α,β-unsaturated/α-hetero) is 1. The van der Waals surface area contributed by atoms with Gasteiger partial charge in [0.05, 0.1) is 27.2 Å². The molecule has 0 bridgehead atoms. The number of hydrogen-bond donors (Lipinski definition) is 2. The first-order chi connectivity index (χ1) is 20.4. The second-order valence-corrected chi connectivity index (χ2v) is 11.3. The van der Waals surface area contributed by atoms with E-state index in [1.165, 1.54) is 21.3 Å². The fourth-order valence-corrected chi connectivity index (χ4v) is 8.36. The third-order valence-corrected chi connectivity index (χ3v) is 9.83. The molecule has 42 heavy (non-hydrogen) atoms. The Bertz CT molecular complexity index is 1640. The van der Waals surface area contributed by atoms with E-state index in [2.05, 4.69) is 15.5 Å². The van der Waals surface area contributed by atoms with Crippen molar-refractivity contribution < 1.29 is 28.6 Å². The van der Waals surface area contributed by atoms with E-state index < -0.39 is 16.9 Å². The van der Waals surface area contributed by atoms with Gasteiger partial charge >= 0.3 is 0 Å². The molecule has 2 amide bonds. The second-order valence-electron chi connectivity index (χ2n) is 11.3. The molecular weight excluding hydrogens is 534 g/mol. The van der Waals surface area contributed by atoms with Crippen LogP contribution in [0, 0.1) is 5.92 Å². The number of ether oxygens (including phenoxy) is 3. The third-order valence-electron chi connectivity index (χ3n) is 9.83. The molecule has 9 heteroatoms. The predicted octanol–water partition coefficient (Wildman–Crippen LogP) is 4.29. The van der Waals surface area contributed by atoms with Crippen molar-refractivity contribution >= 4 is 29.0 Å². The van der Waals surface area contributed by atoms with Crippen LogP contribution in [0.15, 0.2) is 54.6 Å². The molecule has 0 radical (unpaired) electrons. The lowest BCUT2D eigenvalue weighted by Crippen LogP contribution is -2.62. The van der Waals surface area contributed by atoms with Gasteiger partial charge in [0.1, 0.15) is 11.0 Å². The summed E-state index contributed by atoms with van der Waals surface area (Å²) in [5.74, 6) is -0.657. The average Bonchev–Trinajstić information content (AvgIpc) is 3.74. The zero-order valence-corrected chi connectivity index (χ0v) is 24.1. The first-order valence-electron chi connectivity index (χ1n) is 14.4. The van der Waals surface area contributed by atoms with Crippen LogP contribution in [0.2, 0.25) is 0 Å². The van der Waals surface area contributed by atoms with Crippen LogP contribution in [-0.2, 0) is 27.0 Å². The van der Waals surface area contributed by atoms with Crippen molar-refractivity contribution in [3.8, 4) is 17.2 Å². The number of nitrogens with one attached hydrogen (secondary N) is 2. The Labute approximate surface area is 244 Å². The lowest BCUT2D eigenvalue weighted by atomic mass is 9.57. The van der Waals surface area contributed by atoms with E-state index in [-0.39, 0.29) is 23.6 Å². The number of para-hydroxylation sites is 2. The molecular formula is C33H33N3O6. The maximum atomic E-state index is 15.0. The van der Waals surface area contributed by atoms with Gasteiger partial charge in [-0.3, -0.25) is 19.3 Å². The fraction of sp³-hybridized carbons (Fsp3) is 0.364. The van der Waals surface area contributed by atoms with Gasteiger partial charge in [-0.05, 0) is 55.1 Å². The minimum atomic E-state index is -1.52. The Morgan fingerprint density at radius 2 is 1.64 bits per heavy atom. The normalized spacial score (nSPS) is 27.0. The first kappa shape index (κ1) is 26.5. The van der Waals surface area contributed by atoms with E-state index in [0.717, 1.165) is 23.2 Å². The van der Waals surface area contributed by atoms with E-state index in [1.807, 2.05) is 49.4 Å². The molecule has 216 valence electrons. The van der Waals surface area contributed by atoms with E-state index in [0.29, 0.717) is 53.4 Å². The van der Waals surface area contributed by atoms with E-state index in [4.69, 9.17) is 14.2 Å². The Kier molecular flexibility index (Phi) is 5.89. The SMILES string of the molecule is CCc1cccc2c1NC(=O)[C@]21N2CCC[C@@H]2[C@@H](C(=O)c2cc(OC)c(OC)c(OC)c2)[C@]12C(=O)Nc1ccccc12. The molecule has 7 rings (SSSR count). The van der Waals surface area contributed by atoms with Gasteiger partial charge in [0.25, 0.3) is 5.91 Å². The van der Waals surface area contributed by atoms with Gasteiger partial charge < -0.3 is 24.8 Å². The van der Waals surface area contributed by atoms with Crippen LogP contribution in [0.1, 0.15) is 46.8 Å². The predicted molar refractivity (Wildman–Crippen MR) is 157 cm³/mol. The molecule has 3 aromatic rings. The number of hydrogen-bond acceptors (Lipinski definition) is 7. The number of fused-ring (bicyclic) bond motifs is 7. The number of amides is 2. The zero-order chi connectivity index (χ0) is 29.4. The highest BCUT2D eigenvalue weighted by Gasteiger charge is 2.81. The van der Waals surface area contributed by atoms with Crippen LogP contribution in [0.25, 0.3) is 0 Å². The Balaban J connectivity index is 1.55. The number of aryl methyl sites for hydroxylation is 1. The van der Waals surface area contributed by atoms with Crippen molar-refractivity contribution in [2.75, 3.05) is 38.5 Å². The van der Waals surface area contributed by atoms with Crippen molar-refractivity contribution in [2.45, 2.75) is 43.2 Å². The maximum absolute atomic E-state index is 15.0. The van der Waals surface area contributed by atoms with E-state index in [9.17, 15) is 9.59 Å². The summed E-state index contributed by atoms with van der Waals surface area (Å²) in [4.78, 5) is 46.6. The largest absolute Gasteiger partial charge is 0.493 e. The number of ketones is 1. The van der Waals surface area contributed by atoms with Crippen molar-refractivity contribution in [3.05, 3.63) is 76.9 Å². The molecule has 0 aliphatic carbocycles. The molecule has 2 spiro atoms. The summed E-state index contributed by atoms with van der Waals surface area (Å²) in [5.41, 5.74) is 1.18. The van der Waals surface area contributed by atoms with Crippen LogP contribution in [-0.4, -0.2) is 56.4 Å². The Morgan fingerprint density at radius 3 is 2.33 bits per heavy atom. The molecule has 4 aliphatic heterocycles. The van der Waals surface area contributed by atoms with Crippen molar-refractivity contribution in [3.63, 3.8) is 0 Å². The summed E-state index contributed by atoms with van der Waals surface area (Å²) in [7, 11) is 4.51. The summed E-state index contributed by atoms with van der Waals surface area (Å²) in [6, 6.07) is 16.3. The Hall–Kier alpha value is -4.37. The number of carbonyl (C=O) groups is 3. The molecule has 4 aliphatic rings. The van der Waals surface area contributed by atoms with Crippen molar-refractivity contribution in [2.24, 2.45) is 5.92 Å². The quantitative estimate of drug-likeness (QED) is 0.428. The number of methoxy groups -OCH3 is 3. The van der Waals surface area contributed by atoms with Crippen LogP contribution in [0.3, 0.4) is 0 Å². The molecule has 0 saturated carbocycles. The molecule has 2 saturated heterocycles. The van der Waals surface area contributed by atoms with E-state index >= 15 is 4.79 Å². The van der Waals surface area contributed by atoms with Crippen LogP contribution < -0.4 is 24.8 Å². The highest BCUT2D eigenvalue weighted by Crippen LogP contribution is 2.68. The van der Waals surface area contributed by atoms with Gasteiger partial charge in [0, 0.05) is 28.5 Å². The maximum Gasteiger partial charge on any atom is 0.251 e. The summed E-state index contributed by atoms with van der Waals surface area (Å²) in [6.45, 7) is 2.63. The number of carbonyl (C=O) groups excluding carboxylic acids is 3. The molecule has 0 aromatic heterocycles. The van der Waals surface area contributed by atoms with Crippen LogP contribution >= 0.6 is 0 Å². The smallest absolute Gasteiger partial charge is 0.251 e. The summed E-state index contributed by atoms with van der Waals surface area (Å²) in [6.07, 6.45) is 2.20.